The number of carbonyl (C=O) groups is 2. The fourth-order valence-electron chi connectivity index (χ4n) is 3.83. The number of hydrogen-bond acceptors (Lipinski definition) is 4. The molecule has 0 radical (unpaired) electrons. The van der Waals surface area contributed by atoms with Gasteiger partial charge in [-0.3, -0.25) is 9.59 Å². The molecule has 1 aliphatic heterocycles. The molecule has 1 heterocycles. The lowest BCUT2D eigenvalue weighted by molar-refractivity contribution is -0.155. The summed E-state index contributed by atoms with van der Waals surface area (Å²) in [5.74, 6) is -0.159. The fourth-order valence-corrected chi connectivity index (χ4v) is 3.83. The summed E-state index contributed by atoms with van der Waals surface area (Å²) in [6, 6.07) is 4.29. The van der Waals surface area contributed by atoms with Crippen molar-refractivity contribution >= 4 is 11.8 Å². The molecule has 0 N–H and O–H groups in total. The van der Waals surface area contributed by atoms with E-state index in [0.717, 1.165) is 12.8 Å². The molecule has 23 heavy (non-hydrogen) atoms. The highest BCUT2D eigenvalue weighted by Gasteiger charge is 2.51. The van der Waals surface area contributed by atoms with Crippen LogP contribution >= 0.6 is 0 Å². The summed E-state index contributed by atoms with van der Waals surface area (Å²) in [6.07, 6.45) is 4.44. The van der Waals surface area contributed by atoms with E-state index < -0.39 is 10.8 Å². The molecule has 1 unspecified atom stereocenters. The molecule has 3 aliphatic rings. The molecule has 6 nitrogen and oxygen atoms in total. The summed E-state index contributed by atoms with van der Waals surface area (Å²) in [7, 11) is 0. The molecule has 3 fully saturated rings. The van der Waals surface area contributed by atoms with Crippen LogP contribution in [0.2, 0.25) is 0 Å². The van der Waals surface area contributed by atoms with Gasteiger partial charge in [-0.25, -0.2) is 0 Å². The zero-order chi connectivity index (χ0) is 16.7. The second kappa shape index (κ2) is 5.53. The maximum atomic E-state index is 12.7. The Morgan fingerprint density at radius 1 is 0.957 bits per heavy atom. The molecule has 6 heteroatoms. The van der Waals surface area contributed by atoms with Crippen LogP contribution in [-0.2, 0) is 9.59 Å². The first-order valence-electron chi connectivity index (χ1n) is 8.41. The highest BCUT2D eigenvalue weighted by molar-refractivity contribution is 5.88. The fraction of sp³-hybridized carbons (Fsp3) is 0.765. The number of nitrogens with zero attached hydrogens (tertiary/aromatic N) is 4. The molecular formula is C17H22N4O2. The number of rotatable bonds is 2. The average molecular weight is 314 g/mol. The molecule has 0 aromatic rings. The van der Waals surface area contributed by atoms with Crippen molar-refractivity contribution in [1.29, 1.82) is 10.5 Å². The van der Waals surface area contributed by atoms with Crippen LogP contribution in [0.15, 0.2) is 0 Å². The van der Waals surface area contributed by atoms with Gasteiger partial charge in [0, 0.05) is 25.7 Å². The third-order valence-electron chi connectivity index (χ3n) is 5.84. The van der Waals surface area contributed by atoms with Crippen LogP contribution in [0.1, 0.15) is 45.4 Å². The predicted molar refractivity (Wildman–Crippen MR) is 81.5 cm³/mol. The van der Waals surface area contributed by atoms with Crippen molar-refractivity contribution in [3.63, 3.8) is 0 Å². The molecule has 1 atom stereocenters. The van der Waals surface area contributed by atoms with Crippen LogP contribution in [0.5, 0.6) is 0 Å². The number of piperazine rings is 1. The Hall–Kier alpha value is -2.08. The summed E-state index contributed by atoms with van der Waals surface area (Å²) in [6.45, 7) is 3.28. The van der Waals surface area contributed by atoms with Crippen molar-refractivity contribution in [2.24, 2.45) is 10.8 Å². The Balaban J connectivity index is 1.66. The topological polar surface area (TPSA) is 88.2 Å². The lowest BCUT2D eigenvalue weighted by atomic mass is 9.68. The third-order valence-corrected chi connectivity index (χ3v) is 5.84. The molecular weight excluding hydrogens is 292 g/mol. The van der Waals surface area contributed by atoms with Crippen molar-refractivity contribution in [2.75, 3.05) is 19.6 Å². The third kappa shape index (κ3) is 2.28. The molecule has 0 bridgehead atoms. The van der Waals surface area contributed by atoms with Gasteiger partial charge in [-0.05, 0) is 45.4 Å². The Kier molecular flexibility index (Phi) is 3.80. The Morgan fingerprint density at radius 2 is 1.48 bits per heavy atom. The maximum Gasteiger partial charge on any atom is 0.243 e. The number of amides is 2. The summed E-state index contributed by atoms with van der Waals surface area (Å²) in [5.41, 5.74) is -1.66. The zero-order valence-electron chi connectivity index (χ0n) is 13.5. The van der Waals surface area contributed by atoms with E-state index in [1.165, 1.54) is 0 Å². The summed E-state index contributed by atoms with van der Waals surface area (Å²) in [5, 5.41) is 18.7. The van der Waals surface area contributed by atoms with E-state index >= 15 is 0 Å². The van der Waals surface area contributed by atoms with Crippen molar-refractivity contribution in [1.82, 2.24) is 9.80 Å². The van der Waals surface area contributed by atoms with Crippen LogP contribution in [-0.4, -0.2) is 47.3 Å². The van der Waals surface area contributed by atoms with Gasteiger partial charge in [0.25, 0.3) is 0 Å². The number of hydrogen-bond donors (Lipinski definition) is 0. The van der Waals surface area contributed by atoms with Crippen molar-refractivity contribution in [3.8, 4) is 12.1 Å². The molecule has 1 saturated heterocycles. The largest absolute Gasteiger partial charge is 0.337 e. The van der Waals surface area contributed by atoms with Gasteiger partial charge in [0.15, 0.2) is 0 Å². The Morgan fingerprint density at radius 3 is 1.87 bits per heavy atom. The van der Waals surface area contributed by atoms with E-state index in [0.29, 0.717) is 45.3 Å². The first-order chi connectivity index (χ1) is 11.0. The van der Waals surface area contributed by atoms with Crippen LogP contribution < -0.4 is 0 Å². The van der Waals surface area contributed by atoms with Gasteiger partial charge in [0.2, 0.25) is 11.8 Å². The lowest BCUT2D eigenvalue weighted by Crippen LogP contribution is -2.61. The minimum absolute atomic E-state index is 0.0792. The molecule has 2 saturated carbocycles. The number of carbonyl (C=O) groups excluding carboxylic acids is 2. The zero-order valence-corrected chi connectivity index (χ0v) is 13.5. The second-order valence-corrected chi connectivity index (χ2v) is 7.19. The monoisotopic (exact) mass is 314 g/mol. The summed E-state index contributed by atoms with van der Waals surface area (Å²) in [4.78, 5) is 28.8. The van der Waals surface area contributed by atoms with E-state index in [4.69, 9.17) is 0 Å². The van der Waals surface area contributed by atoms with Gasteiger partial charge in [0.05, 0.1) is 12.1 Å². The SMILES string of the molecule is CC1CN(C(=O)C2(C#N)CCC2)CCN1C(=O)C1(C#N)CCC1. The summed E-state index contributed by atoms with van der Waals surface area (Å²) >= 11 is 0. The highest BCUT2D eigenvalue weighted by atomic mass is 16.2. The van der Waals surface area contributed by atoms with E-state index in [-0.39, 0.29) is 17.9 Å². The van der Waals surface area contributed by atoms with Gasteiger partial charge in [0.1, 0.15) is 10.8 Å². The quantitative estimate of drug-likeness (QED) is 0.771. The molecule has 3 rings (SSSR count). The average Bonchev–Trinajstić information content (AvgIpc) is 2.45. The standard InChI is InChI=1S/C17H22N4O2/c1-13-10-20(14(22)16(11-18)4-2-5-16)8-9-21(13)15(23)17(12-19)6-3-7-17/h13H,2-10H2,1H3. The van der Waals surface area contributed by atoms with Crippen LogP contribution in [0.4, 0.5) is 0 Å². The second-order valence-electron chi connectivity index (χ2n) is 7.19. The molecule has 2 amide bonds. The maximum absolute atomic E-state index is 12.7. The minimum Gasteiger partial charge on any atom is -0.337 e. The molecule has 0 aromatic carbocycles. The molecule has 2 aliphatic carbocycles. The number of nitriles is 2. The predicted octanol–water partition coefficient (Wildman–Crippen LogP) is 1.43. The van der Waals surface area contributed by atoms with Gasteiger partial charge in [-0.1, -0.05) is 0 Å². The Bertz CT molecular complexity index is 607. The molecule has 122 valence electrons. The first kappa shape index (κ1) is 15.8. The summed E-state index contributed by atoms with van der Waals surface area (Å²) < 4.78 is 0. The van der Waals surface area contributed by atoms with Gasteiger partial charge in [-0.15, -0.1) is 0 Å². The van der Waals surface area contributed by atoms with Gasteiger partial charge >= 0.3 is 0 Å². The smallest absolute Gasteiger partial charge is 0.243 e. The lowest BCUT2D eigenvalue weighted by Gasteiger charge is -2.47. The van der Waals surface area contributed by atoms with Crippen molar-refractivity contribution in [2.45, 2.75) is 51.5 Å². The van der Waals surface area contributed by atoms with E-state index in [9.17, 15) is 20.1 Å². The minimum atomic E-state index is -0.831. The highest BCUT2D eigenvalue weighted by Crippen LogP contribution is 2.44. The van der Waals surface area contributed by atoms with Crippen molar-refractivity contribution < 1.29 is 9.59 Å². The van der Waals surface area contributed by atoms with Gasteiger partial charge in [-0.2, -0.15) is 10.5 Å². The van der Waals surface area contributed by atoms with Crippen LogP contribution in [0.3, 0.4) is 0 Å². The van der Waals surface area contributed by atoms with E-state index in [1.807, 2.05) is 6.92 Å². The molecule has 0 aromatic heterocycles. The van der Waals surface area contributed by atoms with Gasteiger partial charge < -0.3 is 9.80 Å². The Labute approximate surface area is 136 Å². The van der Waals surface area contributed by atoms with E-state index in [2.05, 4.69) is 12.1 Å². The van der Waals surface area contributed by atoms with Crippen molar-refractivity contribution in [3.05, 3.63) is 0 Å². The van der Waals surface area contributed by atoms with Crippen LogP contribution in [0, 0.1) is 33.5 Å². The van der Waals surface area contributed by atoms with E-state index in [1.54, 1.807) is 9.80 Å². The first-order valence-corrected chi connectivity index (χ1v) is 8.41. The molecule has 0 spiro atoms. The van der Waals surface area contributed by atoms with Crippen LogP contribution in [0.25, 0.3) is 0 Å². The normalized spacial score (nSPS) is 27.9.